The van der Waals surface area contributed by atoms with Gasteiger partial charge in [-0.15, -0.1) is 0 Å². The number of hydrogen-bond acceptors (Lipinski definition) is 4. The number of halogens is 1. The summed E-state index contributed by atoms with van der Waals surface area (Å²) in [5.41, 5.74) is 0. The number of sulfonamides is 1. The van der Waals surface area contributed by atoms with Crippen LogP contribution in [0.3, 0.4) is 0 Å². The Bertz CT molecular complexity index is 755. The highest BCUT2D eigenvalue weighted by atomic mass is 79.9. The molecule has 2 aliphatic rings. The van der Waals surface area contributed by atoms with Crippen LogP contribution in [-0.4, -0.2) is 38.5 Å². The van der Waals surface area contributed by atoms with E-state index in [9.17, 15) is 8.42 Å². The van der Waals surface area contributed by atoms with Gasteiger partial charge in [0.2, 0.25) is 10.0 Å². The van der Waals surface area contributed by atoms with E-state index in [0.29, 0.717) is 31.1 Å². The Kier molecular flexibility index (Phi) is 5.32. The van der Waals surface area contributed by atoms with Crippen molar-refractivity contribution < 1.29 is 17.9 Å². The maximum absolute atomic E-state index is 13.1. The maximum Gasteiger partial charge on any atom is 0.243 e. The molecule has 1 aromatic carbocycles. The van der Waals surface area contributed by atoms with Gasteiger partial charge in [0.1, 0.15) is 19.0 Å². The Labute approximate surface area is 151 Å². The Morgan fingerprint density at radius 1 is 1.21 bits per heavy atom. The highest BCUT2D eigenvalue weighted by molar-refractivity contribution is 9.10. The third kappa shape index (κ3) is 3.53. The van der Waals surface area contributed by atoms with Crippen LogP contribution in [0.2, 0.25) is 0 Å². The fourth-order valence-corrected chi connectivity index (χ4v) is 4.79. The molecule has 0 radical (unpaired) electrons. The number of nitrogens with zero attached hydrogens (tertiary/aromatic N) is 1. The van der Waals surface area contributed by atoms with E-state index in [1.54, 1.807) is 28.6 Å². The number of ether oxygens (including phenoxy) is 2. The molecule has 0 fully saturated rings. The van der Waals surface area contributed by atoms with Crippen molar-refractivity contribution >= 4 is 26.0 Å². The lowest BCUT2D eigenvalue weighted by Gasteiger charge is -2.33. The van der Waals surface area contributed by atoms with Crippen molar-refractivity contribution in [1.29, 1.82) is 0 Å². The predicted octanol–water partition coefficient (Wildman–Crippen LogP) is 3.44. The van der Waals surface area contributed by atoms with E-state index in [0.717, 1.165) is 22.4 Å². The maximum atomic E-state index is 13.1. The van der Waals surface area contributed by atoms with Crippen LogP contribution < -0.4 is 0 Å². The molecule has 7 heteroatoms. The van der Waals surface area contributed by atoms with Crippen LogP contribution in [0, 0.1) is 0 Å². The fourth-order valence-electron chi connectivity index (χ4n) is 2.85. The molecule has 1 heterocycles. The second kappa shape index (κ2) is 7.29. The molecule has 5 nitrogen and oxygen atoms in total. The quantitative estimate of drug-likeness (QED) is 0.741. The van der Waals surface area contributed by atoms with Crippen molar-refractivity contribution in [2.24, 2.45) is 0 Å². The summed E-state index contributed by atoms with van der Waals surface area (Å²) in [5, 5.41) is 0. The van der Waals surface area contributed by atoms with Gasteiger partial charge in [-0.3, -0.25) is 0 Å². The van der Waals surface area contributed by atoms with E-state index < -0.39 is 10.0 Å². The second-order valence-electron chi connectivity index (χ2n) is 5.68. The van der Waals surface area contributed by atoms with Crippen molar-refractivity contribution in [2.75, 3.05) is 19.8 Å². The van der Waals surface area contributed by atoms with E-state index in [-0.39, 0.29) is 6.04 Å². The second-order valence-corrected chi connectivity index (χ2v) is 8.49. The van der Waals surface area contributed by atoms with Gasteiger partial charge in [-0.25, -0.2) is 8.42 Å². The summed E-state index contributed by atoms with van der Waals surface area (Å²) in [5.74, 6) is 1.45. The van der Waals surface area contributed by atoms with Gasteiger partial charge in [0.05, 0.1) is 10.9 Å². The molecule has 1 aromatic rings. The predicted molar refractivity (Wildman–Crippen MR) is 94.8 cm³/mol. The molecule has 0 saturated carbocycles. The lowest BCUT2D eigenvalue weighted by Crippen LogP contribution is -2.41. The van der Waals surface area contributed by atoms with Gasteiger partial charge in [-0.05, 0) is 36.8 Å². The summed E-state index contributed by atoms with van der Waals surface area (Å²) in [6, 6.07) is 6.47. The van der Waals surface area contributed by atoms with Crippen LogP contribution in [0.25, 0.3) is 0 Å². The molecule has 0 bridgehead atoms. The molecular weight excluding hydrogens is 394 g/mol. The standard InChI is InChI=1S/C17H20BrNO4S/c1-2-9-19(24(20,21)15-6-3-13(18)4-7-15)14-5-8-16-17(12-14)23-11-10-22-16/h3-8,14H,2,9-12H2,1H3. The summed E-state index contributed by atoms with van der Waals surface area (Å²) in [6.45, 7) is 3.47. The van der Waals surface area contributed by atoms with Crippen molar-refractivity contribution in [2.45, 2.75) is 30.7 Å². The lowest BCUT2D eigenvalue weighted by atomic mass is 10.1. The molecule has 1 atom stereocenters. The number of hydrogen-bond donors (Lipinski definition) is 0. The van der Waals surface area contributed by atoms with Gasteiger partial charge in [-0.2, -0.15) is 4.31 Å². The SMILES string of the molecule is CCCN(C1C=CC2=C(C1)OCCO2)S(=O)(=O)c1ccc(Br)cc1. The Morgan fingerprint density at radius 3 is 2.62 bits per heavy atom. The van der Waals surface area contributed by atoms with E-state index in [4.69, 9.17) is 9.47 Å². The van der Waals surface area contributed by atoms with Gasteiger partial charge in [0.15, 0.2) is 5.76 Å². The first kappa shape index (κ1) is 17.5. The normalized spacial score (nSPS) is 20.5. The molecule has 1 aliphatic carbocycles. The molecule has 24 heavy (non-hydrogen) atoms. The third-order valence-corrected chi connectivity index (χ3v) is 6.46. The van der Waals surface area contributed by atoms with Crippen molar-refractivity contribution in [3.8, 4) is 0 Å². The Morgan fingerprint density at radius 2 is 1.92 bits per heavy atom. The summed E-state index contributed by atoms with van der Waals surface area (Å²) >= 11 is 3.34. The zero-order valence-electron chi connectivity index (χ0n) is 13.4. The molecule has 0 spiro atoms. The van der Waals surface area contributed by atoms with Crippen LogP contribution >= 0.6 is 15.9 Å². The summed E-state index contributed by atoms with van der Waals surface area (Å²) in [4.78, 5) is 0.299. The van der Waals surface area contributed by atoms with Crippen LogP contribution in [0.15, 0.2) is 57.3 Å². The minimum atomic E-state index is -3.58. The molecule has 0 N–H and O–H groups in total. The van der Waals surface area contributed by atoms with Crippen LogP contribution in [0.4, 0.5) is 0 Å². The molecule has 1 unspecified atom stereocenters. The third-order valence-electron chi connectivity index (χ3n) is 3.99. The van der Waals surface area contributed by atoms with E-state index in [1.165, 1.54) is 0 Å². The van der Waals surface area contributed by atoms with Crippen LogP contribution in [0.5, 0.6) is 0 Å². The molecular formula is C17H20BrNO4S. The molecule has 130 valence electrons. The Balaban J connectivity index is 1.88. The number of benzene rings is 1. The molecule has 1 aliphatic heterocycles. The average molecular weight is 414 g/mol. The van der Waals surface area contributed by atoms with Crippen LogP contribution in [0.1, 0.15) is 19.8 Å². The number of allylic oxidation sites excluding steroid dienone is 1. The minimum absolute atomic E-state index is 0.265. The zero-order valence-corrected chi connectivity index (χ0v) is 15.8. The lowest BCUT2D eigenvalue weighted by molar-refractivity contribution is 0.0583. The topological polar surface area (TPSA) is 55.8 Å². The minimum Gasteiger partial charge on any atom is -0.490 e. The largest absolute Gasteiger partial charge is 0.490 e. The van der Waals surface area contributed by atoms with Gasteiger partial charge in [0.25, 0.3) is 0 Å². The van der Waals surface area contributed by atoms with Crippen molar-refractivity contribution in [3.05, 3.63) is 52.4 Å². The summed E-state index contributed by atoms with van der Waals surface area (Å²) in [6.07, 6.45) is 4.95. The average Bonchev–Trinajstić information content (AvgIpc) is 2.59. The van der Waals surface area contributed by atoms with Gasteiger partial charge >= 0.3 is 0 Å². The van der Waals surface area contributed by atoms with Crippen LogP contribution in [-0.2, 0) is 19.5 Å². The van der Waals surface area contributed by atoms with E-state index in [1.807, 2.05) is 19.1 Å². The smallest absolute Gasteiger partial charge is 0.243 e. The first-order chi connectivity index (χ1) is 11.5. The van der Waals surface area contributed by atoms with Gasteiger partial charge in [0, 0.05) is 17.4 Å². The molecule has 3 rings (SSSR count). The summed E-state index contributed by atoms with van der Waals surface area (Å²) < 4.78 is 39.8. The van der Waals surface area contributed by atoms with Crippen molar-refractivity contribution in [3.63, 3.8) is 0 Å². The van der Waals surface area contributed by atoms with Crippen molar-refractivity contribution in [1.82, 2.24) is 4.31 Å². The van der Waals surface area contributed by atoms with E-state index >= 15 is 0 Å². The highest BCUT2D eigenvalue weighted by Gasteiger charge is 2.33. The highest BCUT2D eigenvalue weighted by Crippen LogP contribution is 2.30. The summed E-state index contributed by atoms with van der Waals surface area (Å²) in [7, 11) is -3.58. The van der Waals surface area contributed by atoms with Gasteiger partial charge in [-0.1, -0.05) is 28.9 Å². The fraction of sp³-hybridized carbons (Fsp3) is 0.412. The first-order valence-electron chi connectivity index (χ1n) is 7.96. The van der Waals surface area contributed by atoms with Gasteiger partial charge < -0.3 is 9.47 Å². The monoisotopic (exact) mass is 413 g/mol. The van der Waals surface area contributed by atoms with E-state index in [2.05, 4.69) is 15.9 Å². The molecule has 0 amide bonds. The molecule has 0 saturated heterocycles. The molecule has 0 aromatic heterocycles. The zero-order chi connectivity index (χ0) is 17.2. The first-order valence-corrected chi connectivity index (χ1v) is 10.2. The number of rotatable bonds is 5. The Hall–Kier alpha value is -1.31.